The van der Waals surface area contributed by atoms with E-state index < -0.39 is 0 Å². The Kier molecular flexibility index (Phi) is 4.43. The first-order valence-electron chi connectivity index (χ1n) is 9.80. The molecule has 27 heavy (non-hydrogen) atoms. The lowest BCUT2D eigenvalue weighted by Gasteiger charge is -2.29. The number of hydrogen-bond donors (Lipinski definition) is 2. The molecular formula is C24H28N2O. The topological polar surface area (TPSA) is 44.9 Å². The zero-order valence-electron chi connectivity index (χ0n) is 16.4. The predicted octanol–water partition coefficient (Wildman–Crippen LogP) is 4.87. The Balaban J connectivity index is 1.72. The summed E-state index contributed by atoms with van der Waals surface area (Å²) in [5, 5.41) is 4.69. The van der Waals surface area contributed by atoms with Crippen LogP contribution in [0.4, 0.5) is 0 Å². The lowest BCUT2D eigenvalue weighted by atomic mass is 9.74. The zero-order valence-corrected chi connectivity index (χ0v) is 16.4. The molecule has 0 radical (unpaired) electrons. The number of nitrogens with one attached hydrogen (secondary N) is 2. The maximum atomic E-state index is 12.6. The molecule has 3 nitrogen and oxygen atoms in total. The number of hydrogen-bond acceptors (Lipinski definition) is 2. The lowest BCUT2D eigenvalue weighted by molar-refractivity contribution is 0.0854. The van der Waals surface area contributed by atoms with Crippen LogP contribution in [0.15, 0.2) is 54.6 Å². The van der Waals surface area contributed by atoms with E-state index in [2.05, 4.69) is 58.8 Å². The minimum atomic E-state index is -0.381. The Morgan fingerprint density at radius 1 is 1.07 bits per heavy atom. The van der Waals surface area contributed by atoms with Crippen molar-refractivity contribution in [3.63, 3.8) is 0 Å². The van der Waals surface area contributed by atoms with Crippen LogP contribution in [-0.4, -0.2) is 23.9 Å². The van der Waals surface area contributed by atoms with Crippen molar-refractivity contribution in [1.29, 1.82) is 0 Å². The van der Waals surface area contributed by atoms with Crippen molar-refractivity contribution in [1.82, 2.24) is 10.3 Å². The van der Waals surface area contributed by atoms with Gasteiger partial charge in [0.2, 0.25) is 0 Å². The molecule has 1 aromatic heterocycles. The second-order valence-corrected chi connectivity index (χ2v) is 8.93. The van der Waals surface area contributed by atoms with E-state index in [1.807, 2.05) is 26.8 Å². The van der Waals surface area contributed by atoms with Crippen LogP contribution >= 0.6 is 0 Å². The third-order valence-electron chi connectivity index (χ3n) is 5.79. The molecule has 4 rings (SSSR count). The van der Waals surface area contributed by atoms with Crippen molar-refractivity contribution in [2.45, 2.75) is 39.0 Å². The fourth-order valence-corrected chi connectivity index (χ4v) is 4.22. The number of carbonyl (C=O) groups is 1. The quantitative estimate of drug-likeness (QED) is 0.652. The lowest BCUT2D eigenvalue weighted by Crippen LogP contribution is -2.31. The van der Waals surface area contributed by atoms with Gasteiger partial charge in [-0.25, -0.2) is 0 Å². The van der Waals surface area contributed by atoms with E-state index >= 15 is 0 Å². The molecular weight excluding hydrogens is 332 g/mol. The summed E-state index contributed by atoms with van der Waals surface area (Å²) >= 11 is 0. The fourth-order valence-electron chi connectivity index (χ4n) is 4.22. The Morgan fingerprint density at radius 3 is 2.52 bits per heavy atom. The summed E-state index contributed by atoms with van der Waals surface area (Å²) in [7, 11) is 0. The molecule has 0 amide bonds. The highest BCUT2D eigenvalue weighted by Crippen LogP contribution is 2.36. The molecule has 1 atom stereocenters. The second kappa shape index (κ2) is 6.65. The maximum Gasteiger partial charge on any atom is 0.184 e. The van der Waals surface area contributed by atoms with Gasteiger partial charge in [0, 0.05) is 28.3 Å². The van der Waals surface area contributed by atoms with Crippen molar-refractivity contribution in [3.05, 3.63) is 71.4 Å². The number of rotatable bonds is 4. The molecule has 0 saturated carbocycles. The number of aromatic amines is 1. The maximum absolute atomic E-state index is 12.6. The average Bonchev–Trinajstić information content (AvgIpc) is 3.28. The number of benzene rings is 2. The molecule has 1 aliphatic heterocycles. The highest BCUT2D eigenvalue weighted by molar-refractivity contribution is 6.02. The van der Waals surface area contributed by atoms with E-state index in [1.165, 1.54) is 11.1 Å². The van der Waals surface area contributed by atoms with Gasteiger partial charge in [0.1, 0.15) is 0 Å². The average molecular weight is 361 g/mol. The van der Waals surface area contributed by atoms with E-state index in [0.29, 0.717) is 5.69 Å². The number of aromatic nitrogens is 1. The van der Waals surface area contributed by atoms with Gasteiger partial charge in [-0.15, -0.1) is 0 Å². The molecule has 1 aliphatic rings. The van der Waals surface area contributed by atoms with Crippen LogP contribution in [0.5, 0.6) is 0 Å². The van der Waals surface area contributed by atoms with Gasteiger partial charge in [-0.2, -0.15) is 0 Å². The monoisotopic (exact) mass is 360 g/mol. The van der Waals surface area contributed by atoms with E-state index in [-0.39, 0.29) is 16.6 Å². The minimum absolute atomic E-state index is 0.112. The number of carbonyl (C=O) groups excluding carboxylic acids is 1. The van der Waals surface area contributed by atoms with Crippen molar-refractivity contribution in [2.75, 3.05) is 13.1 Å². The molecule has 3 heteroatoms. The van der Waals surface area contributed by atoms with Crippen LogP contribution in [0, 0.1) is 5.41 Å². The van der Waals surface area contributed by atoms with Gasteiger partial charge in [-0.1, -0.05) is 57.2 Å². The minimum Gasteiger partial charge on any atom is -0.352 e. The van der Waals surface area contributed by atoms with Crippen molar-refractivity contribution in [2.24, 2.45) is 5.41 Å². The van der Waals surface area contributed by atoms with Crippen LogP contribution < -0.4 is 5.32 Å². The van der Waals surface area contributed by atoms with E-state index in [4.69, 9.17) is 0 Å². The SMILES string of the molecule is CC(C)(C)C(=O)c1cc2cc(C3(Cc4ccccc4)CCNC3)ccc2[nH]1. The van der Waals surface area contributed by atoms with Crippen molar-refractivity contribution in [3.8, 4) is 0 Å². The Morgan fingerprint density at radius 2 is 1.85 bits per heavy atom. The summed E-state index contributed by atoms with van der Waals surface area (Å²) in [5.74, 6) is 0.154. The molecule has 0 bridgehead atoms. The highest BCUT2D eigenvalue weighted by Gasteiger charge is 2.36. The Hall–Kier alpha value is -2.39. The molecule has 1 saturated heterocycles. The van der Waals surface area contributed by atoms with Gasteiger partial charge in [0.05, 0.1) is 5.69 Å². The molecule has 1 fully saturated rings. The summed E-state index contributed by atoms with van der Waals surface area (Å²) in [6.45, 7) is 7.93. The van der Waals surface area contributed by atoms with Gasteiger partial charge >= 0.3 is 0 Å². The first-order chi connectivity index (χ1) is 12.9. The Bertz CT molecular complexity index is 957. The van der Waals surface area contributed by atoms with Crippen molar-refractivity contribution >= 4 is 16.7 Å². The molecule has 3 aromatic rings. The normalized spacial score (nSPS) is 20.3. The fraction of sp³-hybridized carbons (Fsp3) is 0.375. The molecule has 0 spiro atoms. The second-order valence-electron chi connectivity index (χ2n) is 8.93. The molecule has 2 heterocycles. The largest absolute Gasteiger partial charge is 0.352 e. The van der Waals surface area contributed by atoms with Crippen LogP contribution in [0.25, 0.3) is 10.9 Å². The van der Waals surface area contributed by atoms with Crippen LogP contribution in [-0.2, 0) is 11.8 Å². The van der Waals surface area contributed by atoms with Gasteiger partial charge < -0.3 is 10.3 Å². The predicted molar refractivity (Wildman–Crippen MR) is 111 cm³/mol. The number of H-pyrrole nitrogens is 1. The summed E-state index contributed by atoms with van der Waals surface area (Å²) in [4.78, 5) is 16.0. The highest BCUT2D eigenvalue weighted by atomic mass is 16.1. The summed E-state index contributed by atoms with van der Waals surface area (Å²) < 4.78 is 0. The first-order valence-corrected chi connectivity index (χ1v) is 9.80. The van der Waals surface area contributed by atoms with E-state index in [9.17, 15) is 4.79 Å². The molecule has 140 valence electrons. The van der Waals surface area contributed by atoms with Gasteiger partial charge in [0.15, 0.2) is 5.78 Å². The van der Waals surface area contributed by atoms with Crippen LogP contribution in [0.2, 0.25) is 0 Å². The first kappa shape index (κ1) is 18.0. The molecule has 2 aromatic carbocycles. The van der Waals surface area contributed by atoms with Crippen molar-refractivity contribution < 1.29 is 4.79 Å². The van der Waals surface area contributed by atoms with E-state index in [0.717, 1.165) is 36.8 Å². The van der Waals surface area contributed by atoms with Gasteiger partial charge in [-0.3, -0.25) is 4.79 Å². The standard InChI is InChI=1S/C24H28N2O/c1-23(2,3)22(27)21-14-18-13-19(9-10-20(18)26-21)24(11-12-25-16-24)15-17-7-5-4-6-8-17/h4-10,13-14,25-26H,11-12,15-16H2,1-3H3. The smallest absolute Gasteiger partial charge is 0.184 e. The summed E-state index contributed by atoms with van der Waals surface area (Å²) in [6.07, 6.45) is 2.16. The van der Waals surface area contributed by atoms with Gasteiger partial charge in [-0.05, 0) is 48.7 Å². The van der Waals surface area contributed by atoms with Crippen LogP contribution in [0.1, 0.15) is 48.8 Å². The van der Waals surface area contributed by atoms with Gasteiger partial charge in [0.25, 0.3) is 0 Å². The third-order valence-corrected chi connectivity index (χ3v) is 5.79. The number of ketones is 1. The van der Waals surface area contributed by atoms with Crippen LogP contribution in [0.3, 0.4) is 0 Å². The summed E-state index contributed by atoms with van der Waals surface area (Å²) in [6, 6.07) is 19.4. The number of Topliss-reactive ketones (excluding diaryl/α,β-unsaturated/α-hetero) is 1. The van der Waals surface area contributed by atoms with E-state index in [1.54, 1.807) is 0 Å². The molecule has 1 unspecified atom stereocenters. The zero-order chi connectivity index (χ0) is 19.1. The third kappa shape index (κ3) is 3.44. The number of fused-ring (bicyclic) bond motifs is 1. The summed E-state index contributed by atoms with van der Waals surface area (Å²) in [5.41, 5.74) is 4.20. The molecule has 2 N–H and O–H groups in total. The Labute approximate surface area is 161 Å². The molecule has 0 aliphatic carbocycles.